The highest BCUT2D eigenvalue weighted by Gasteiger charge is 2.22. The van der Waals surface area contributed by atoms with Crippen LogP contribution < -0.4 is 5.32 Å². The van der Waals surface area contributed by atoms with E-state index in [1.807, 2.05) is 0 Å². The molecule has 1 fully saturated rings. The number of rotatable bonds is 7. The summed E-state index contributed by atoms with van der Waals surface area (Å²) in [7, 11) is 0. The largest absolute Gasteiger partial charge is 0.372 e. The summed E-state index contributed by atoms with van der Waals surface area (Å²) in [4.78, 5) is 0. The Balaban J connectivity index is 1.96. The lowest BCUT2D eigenvalue weighted by Crippen LogP contribution is -2.25. The Kier molecular flexibility index (Phi) is 4.57. The van der Waals surface area contributed by atoms with Crippen molar-refractivity contribution in [2.75, 3.05) is 13.2 Å². The summed E-state index contributed by atoms with van der Waals surface area (Å²) in [6.07, 6.45) is 3.93. The number of nitrogens with one attached hydrogen (secondary N) is 1. The van der Waals surface area contributed by atoms with Crippen LogP contribution in [0.1, 0.15) is 43.4 Å². The van der Waals surface area contributed by atoms with Gasteiger partial charge < -0.3 is 10.1 Å². The molecule has 0 bridgehead atoms. The third kappa shape index (κ3) is 4.14. The maximum absolute atomic E-state index is 5.95. The topological polar surface area (TPSA) is 21.3 Å². The van der Waals surface area contributed by atoms with Crippen molar-refractivity contribution in [3.8, 4) is 0 Å². The molecule has 2 nitrogen and oxygen atoms in total. The molecule has 1 atom stereocenters. The molecule has 0 amide bonds. The molecule has 94 valence electrons. The smallest absolute Gasteiger partial charge is 0.0949 e. The van der Waals surface area contributed by atoms with Gasteiger partial charge in [0.2, 0.25) is 0 Å². The van der Waals surface area contributed by atoms with Gasteiger partial charge in [0.05, 0.1) is 6.10 Å². The van der Waals surface area contributed by atoms with E-state index in [2.05, 4.69) is 43.4 Å². The van der Waals surface area contributed by atoms with Crippen molar-refractivity contribution in [3.63, 3.8) is 0 Å². The maximum Gasteiger partial charge on any atom is 0.0949 e. The average Bonchev–Trinajstić information content (AvgIpc) is 3.13. The van der Waals surface area contributed by atoms with Gasteiger partial charge >= 0.3 is 0 Å². The fourth-order valence-electron chi connectivity index (χ4n) is 1.96. The zero-order chi connectivity index (χ0) is 12.1. The first-order valence-electron chi connectivity index (χ1n) is 6.71. The van der Waals surface area contributed by atoms with Gasteiger partial charge in [-0.1, -0.05) is 36.8 Å². The second-order valence-corrected chi connectivity index (χ2v) is 4.96. The summed E-state index contributed by atoms with van der Waals surface area (Å²) in [6.45, 7) is 6.06. The normalized spacial score (nSPS) is 17.1. The van der Waals surface area contributed by atoms with Crippen LogP contribution in [0, 0.1) is 6.92 Å². The number of ether oxygens (including phenoxy) is 1. The maximum atomic E-state index is 5.95. The first-order chi connectivity index (χ1) is 8.29. The highest BCUT2D eigenvalue weighted by Crippen LogP contribution is 2.22. The molecule has 1 aromatic carbocycles. The standard InChI is InChI=1S/C15H23NO/c1-3-9-17-15(11-16-14-7-8-14)13-6-4-5-12(2)10-13/h4-6,10,14-16H,3,7-9,11H2,1-2H3. The molecule has 17 heavy (non-hydrogen) atoms. The summed E-state index contributed by atoms with van der Waals surface area (Å²) in [5.41, 5.74) is 2.60. The molecular weight excluding hydrogens is 210 g/mol. The van der Waals surface area contributed by atoms with Crippen molar-refractivity contribution < 1.29 is 4.74 Å². The molecule has 1 aromatic rings. The molecule has 2 heteroatoms. The van der Waals surface area contributed by atoms with Crippen molar-refractivity contribution in [2.24, 2.45) is 0 Å². The Bertz CT molecular complexity index is 347. The lowest BCUT2D eigenvalue weighted by Gasteiger charge is -2.19. The molecule has 0 spiro atoms. The van der Waals surface area contributed by atoms with E-state index in [1.54, 1.807) is 0 Å². The third-order valence-corrected chi connectivity index (χ3v) is 3.11. The molecule has 1 N–H and O–H groups in total. The van der Waals surface area contributed by atoms with E-state index >= 15 is 0 Å². The Morgan fingerprint density at radius 1 is 1.41 bits per heavy atom. The van der Waals surface area contributed by atoms with E-state index < -0.39 is 0 Å². The van der Waals surface area contributed by atoms with Crippen LogP contribution in [0.4, 0.5) is 0 Å². The Labute approximate surface area is 104 Å². The highest BCUT2D eigenvalue weighted by molar-refractivity contribution is 5.24. The number of hydrogen-bond donors (Lipinski definition) is 1. The van der Waals surface area contributed by atoms with Crippen molar-refractivity contribution in [3.05, 3.63) is 35.4 Å². The lowest BCUT2D eigenvalue weighted by molar-refractivity contribution is 0.0527. The molecule has 0 saturated heterocycles. The van der Waals surface area contributed by atoms with Crippen LogP contribution in [0.15, 0.2) is 24.3 Å². The van der Waals surface area contributed by atoms with Crippen molar-refractivity contribution in [2.45, 2.75) is 45.3 Å². The second kappa shape index (κ2) is 6.18. The fraction of sp³-hybridized carbons (Fsp3) is 0.600. The van der Waals surface area contributed by atoms with Gasteiger partial charge in [-0.15, -0.1) is 0 Å². The van der Waals surface area contributed by atoms with E-state index in [1.165, 1.54) is 24.0 Å². The summed E-state index contributed by atoms with van der Waals surface area (Å²) in [5, 5.41) is 3.56. The second-order valence-electron chi connectivity index (χ2n) is 4.96. The zero-order valence-corrected chi connectivity index (χ0v) is 10.9. The van der Waals surface area contributed by atoms with E-state index in [-0.39, 0.29) is 6.10 Å². The van der Waals surface area contributed by atoms with Crippen LogP contribution in [-0.2, 0) is 4.74 Å². The van der Waals surface area contributed by atoms with Crippen molar-refractivity contribution in [1.82, 2.24) is 5.32 Å². The monoisotopic (exact) mass is 233 g/mol. The van der Waals surface area contributed by atoms with Gasteiger partial charge in [-0.2, -0.15) is 0 Å². The summed E-state index contributed by atoms with van der Waals surface area (Å²) >= 11 is 0. The minimum atomic E-state index is 0.204. The minimum Gasteiger partial charge on any atom is -0.372 e. The van der Waals surface area contributed by atoms with Crippen LogP contribution in [-0.4, -0.2) is 19.2 Å². The van der Waals surface area contributed by atoms with Gasteiger partial charge in [0, 0.05) is 19.2 Å². The fourth-order valence-corrected chi connectivity index (χ4v) is 1.96. The molecular formula is C15H23NO. The van der Waals surface area contributed by atoms with Gasteiger partial charge in [0.1, 0.15) is 0 Å². The van der Waals surface area contributed by atoms with Crippen LogP contribution in [0.2, 0.25) is 0 Å². The molecule has 0 radical (unpaired) electrons. The quantitative estimate of drug-likeness (QED) is 0.781. The van der Waals surface area contributed by atoms with Crippen LogP contribution in [0.25, 0.3) is 0 Å². The van der Waals surface area contributed by atoms with Crippen LogP contribution in [0.3, 0.4) is 0 Å². The van der Waals surface area contributed by atoms with Crippen LogP contribution in [0.5, 0.6) is 0 Å². The van der Waals surface area contributed by atoms with Gasteiger partial charge in [0.15, 0.2) is 0 Å². The number of benzene rings is 1. The minimum absolute atomic E-state index is 0.204. The zero-order valence-electron chi connectivity index (χ0n) is 10.9. The van der Waals surface area contributed by atoms with E-state index in [4.69, 9.17) is 4.74 Å². The van der Waals surface area contributed by atoms with E-state index in [9.17, 15) is 0 Å². The Morgan fingerprint density at radius 3 is 2.88 bits per heavy atom. The third-order valence-electron chi connectivity index (χ3n) is 3.11. The first kappa shape index (κ1) is 12.6. The van der Waals surface area contributed by atoms with Crippen molar-refractivity contribution >= 4 is 0 Å². The molecule has 1 unspecified atom stereocenters. The van der Waals surface area contributed by atoms with E-state index in [0.29, 0.717) is 0 Å². The Morgan fingerprint density at radius 2 is 2.24 bits per heavy atom. The summed E-state index contributed by atoms with van der Waals surface area (Å²) < 4.78 is 5.95. The summed E-state index contributed by atoms with van der Waals surface area (Å²) in [6, 6.07) is 9.39. The SMILES string of the molecule is CCCOC(CNC1CC1)c1cccc(C)c1. The molecule has 0 aromatic heterocycles. The molecule has 1 saturated carbocycles. The predicted octanol–water partition coefficient (Wildman–Crippen LogP) is 3.21. The highest BCUT2D eigenvalue weighted by atomic mass is 16.5. The van der Waals surface area contributed by atoms with Gasteiger partial charge in [-0.3, -0.25) is 0 Å². The van der Waals surface area contributed by atoms with Gasteiger partial charge in [-0.05, 0) is 31.7 Å². The molecule has 0 aliphatic heterocycles. The number of aryl methyl sites for hydroxylation is 1. The Hall–Kier alpha value is -0.860. The van der Waals surface area contributed by atoms with Gasteiger partial charge in [-0.25, -0.2) is 0 Å². The van der Waals surface area contributed by atoms with Gasteiger partial charge in [0.25, 0.3) is 0 Å². The van der Waals surface area contributed by atoms with Crippen molar-refractivity contribution in [1.29, 1.82) is 0 Å². The molecule has 1 aliphatic carbocycles. The molecule has 0 heterocycles. The molecule has 1 aliphatic rings. The van der Waals surface area contributed by atoms with Crippen LogP contribution >= 0.6 is 0 Å². The lowest BCUT2D eigenvalue weighted by atomic mass is 10.1. The molecule has 2 rings (SSSR count). The predicted molar refractivity (Wildman–Crippen MR) is 71.2 cm³/mol. The first-order valence-corrected chi connectivity index (χ1v) is 6.71. The number of hydrogen-bond acceptors (Lipinski definition) is 2. The van der Waals surface area contributed by atoms with E-state index in [0.717, 1.165) is 25.6 Å². The summed E-state index contributed by atoms with van der Waals surface area (Å²) in [5.74, 6) is 0. The average molecular weight is 233 g/mol.